The topological polar surface area (TPSA) is 24.5 Å². The van der Waals surface area contributed by atoms with Gasteiger partial charge < -0.3 is 15.0 Å². The maximum atomic E-state index is 13.6. The molecule has 1 aromatic heterocycles. The summed E-state index contributed by atoms with van der Waals surface area (Å²) >= 11 is 1.75. The average Bonchev–Trinajstić information content (AvgIpc) is 2.97. The zero-order chi connectivity index (χ0) is 15.2. The van der Waals surface area contributed by atoms with E-state index in [4.69, 9.17) is 4.74 Å². The van der Waals surface area contributed by atoms with Crippen molar-refractivity contribution in [3.8, 4) is 5.75 Å². The maximum Gasteiger partial charge on any atom is 0.165 e. The first-order chi connectivity index (χ1) is 10.1. The van der Waals surface area contributed by atoms with E-state index in [-0.39, 0.29) is 11.6 Å². The lowest BCUT2D eigenvalue weighted by atomic mass is 10.2. The van der Waals surface area contributed by atoms with Crippen LogP contribution in [-0.2, 0) is 6.54 Å². The standard InChI is InChI=1S/C16H21FN2OS/c1-19(2)14(16-5-4-8-21-16)11-18-10-12-6-7-15(20-3)13(17)9-12/h4-9,14,18H,10-11H2,1-3H3. The molecule has 21 heavy (non-hydrogen) atoms. The summed E-state index contributed by atoms with van der Waals surface area (Å²) in [5.41, 5.74) is 0.914. The summed E-state index contributed by atoms with van der Waals surface area (Å²) in [6.45, 7) is 1.46. The molecule has 3 nitrogen and oxygen atoms in total. The van der Waals surface area contributed by atoms with Crippen LogP contribution in [0.25, 0.3) is 0 Å². The predicted octanol–water partition coefficient (Wildman–Crippen LogP) is 3.29. The van der Waals surface area contributed by atoms with E-state index in [1.807, 2.05) is 6.07 Å². The SMILES string of the molecule is COc1ccc(CNCC(c2cccs2)N(C)C)cc1F. The van der Waals surface area contributed by atoms with Gasteiger partial charge in [-0.05, 0) is 43.2 Å². The molecule has 0 aliphatic heterocycles. The molecule has 0 fully saturated rings. The van der Waals surface area contributed by atoms with Crippen molar-refractivity contribution in [2.75, 3.05) is 27.7 Å². The average molecular weight is 308 g/mol. The molecule has 0 saturated carbocycles. The Hall–Kier alpha value is -1.43. The molecular weight excluding hydrogens is 287 g/mol. The van der Waals surface area contributed by atoms with Gasteiger partial charge in [0.1, 0.15) is 0 Å². The van der Waals surface area contributed by atoms with Crippen molar-refractivity contribution in [2.45, 2.75) is 12.6 Å². The minimum absolute atomic E-state index is 0.281. The van der Waals surface area contributed by atoms with Crippen LogP contribution < -0.4 is 10.1 Å². The van der Waals surface area contributed by atoms with Crippen LogP contribution in [0.3, 0.4) is 0 Å². The number of hydrogen-bond donors (Lipinski definition) is 1. The van der Waals surface area contributed by atoms with Gasteiger partial charge in [0.25, 0.3) is 0 Å². The molecule has 1 heterocycles. The maximum absolute atomic E-state index is 13.6. The van der Waals surface area contributed by atoms with Crippen molar-refractivity contribution in [3.63, 3.8) is 0 Å². The summed E-state index contributed by atoms with van der Waals surface area (Å²) < 4.78 is 18.6. The number of rotatable bonds is 7. The highest BCUT2D eigenvalue weighted by Crippen LogP contribution is 2.22. The van der Waals surface area contributed by atoms with E-state index in [0.29, 0.717) is 12.6 Å². The van der Waals surface area contributed by atoms with Crippen LogP contribution in [0, 0.1) is 5.82 Å². The van der Waals surface area contributed by atoms with Crippen LogP contribution in [0.2, 0.25) is 0 Å². The predicted molar refractivity (Wildman–Crippen MR) is 85.4 cm³/mol. The van der Waals surface area contributed by atoms with Gasteiger partial charge in [-0.1, -0.05) is 12.1 Å². The van der Waals surface area contributed by atoms with Gasteiger partial charge in [0.2, 0.25) is 0 Å². The third-order valence-corrected chi connectivity index (χ3v) is 4.35. The first kappa shape index (κ1) is 15.9. The molecule has 0 aliphatic carbocycles. The monoisotopic (exact) mass is 308 g/mol. The number of ether oxygens (including phenoxy) is 1. The van der Waals surface area contributed by atoms with Crippen LogP contribution >= 0.6 is 11.3 Å². The molecule has 1 aromatic carbocycles. The number of halogens is 1. The van der Waals surface area contributed by atoms with Crippen LogP contribution in [0.5, 0.6) is 5.75 Å². The Bertz CT molecular complexity index is 557. The number of benzene rings is 1. The van der Waals surface area contributed by atoms with Crippen LogP contribution in [0.4, 0.5) is 4.39 Å². The minimum Gasteiger partial charge on any atom is -0.494 e. The van der Waals surface area contributed by atoms with Gasteiger partial charge in [0.05, 0.1) is 13.2 Å². The normalized spacial score (nSPS) is 12.6. The second-order valence-electron chi connectivity index (χ2n) is 5.09. The largest absolute Gasteiger partial charge is 0.494 e. The summed E-state index contributed by atoms with van der Waals surface area (Å²) in [6.07, 6.45) is 0. The molecule has 0 radical (unpaired) electrons. The molecular formula is C16H21FN2OS. The second-order valence-corrected chi connectivity index (χ2v) is 6.07. The lowest BCUT2D eigenvalue weighted by molar-refractivity contribution is 0.292. The Morgan fingerprint density at radius 2 is 2.14 bits per heavy atom. The van der Waals surface area contributed by atoms with Crippen molar-refractivity contribution in [1.82, 2.24) is 10.2 Å². The molecule has 114 valence electrons. The summed E-state index contributed by atoms with van der Waals surface area (Å²) in [7, 11) is 5.61. The van der Waals surface area contributed by atoms with Crippen molar-refractivity contribution in [2.24, 2.45) is 0 Å². The zero-order valence-corrected chi connectivity index (χ0v) is 13.4. The third kappa shape index (κ3) is 4.27. The molecule has 2 rings (SSSR count). The molecule has 5 heteroatoms. The third-order valence-electron chi connectivity index (χ3n) is 3.38. The number of thiophene rings is 1. The molecule has 0 aliphatic rings. The Balaban J connectivity index is 1.92. The van der Waals surface area contributed by atoms with Gasteiger partial charge in [-0.2, -0.15) is 0 Å². The molecule has 0 amide bonds. The van der Waals surface area contributed by atoms with Crippen molar-refractivity contribution in [1.29, 1.82) is 0 Å². The van der Waals surface area contributed by atoms with E-state index < -0.39 is 0 Å². The minimum atomic E-state index is -0.320. The van der Waals surface area contributed by atoms with Gasteiger partial charge in [0.15, 0.2) is 11.6 Å². The fourth-order valence-corrected chi connectivity index (χ4v) is 3.11. The van der Waals surface area contributed by atoms with E-state index in [1.54, 1.807) is 17.4 Å². The Morgan fingerprint density at radius 3 is 2.71 bits per heavy atom. The van der Waals surface area contributed by atoms with E-state index in [0.717, 1.165) is 12.1 Å². The summed E-state index contributed by atoms with van der Waals surface area (Å²) in [5, 5.41) is 5.48. The summed E-state index contributed by atoms with van der Waals surface area (Å²) in [5.74, 6) is -0.0391. The highest BCUT2D eigenvalue weighted by Gasteiger charge is 2.14. The zero-order valence-electron chi connectivity index (χ0n) is 12.6. The lowest BCUT2D eigenvalue weighted by Gasteiger charge is -2.23. The van der Waals surface area contributed by atoms with Crippen molar-refractivity contribution in [3.05, 3.63) is 52.0 Å². The van der Waals surface area contributed by atoms with Gasteiger partial charge in [0, 0.05) is 18.0 Å². The quantitative estimate of drug-likeness (QED) is 0.849. The van der Waals surface area contributed by atoms with Crippen molar-refractivity contribution >= 4 is 11.3 Å². The molecule has 1 N–H and O–H groups in total. The first-order valence-corrected chi connectivity index (χ1v) is 7.72. The van der Waals surface area contributed by atoms with E-state index in [1.165, 1.54) is 18.1 Å². The van der Waals surface area contributed by atoms with Gasteiger partial charge in [-0.15, -0.1) is 11.3 Å². The number of hydrogen-bond acceptors (Lipinski definition) is 4. The Kier molecular flexibility index (Phi) is 5.73. The number of nitrogens with one attached hydrogen (secondary N) is 1. The molecule has 2 aromatic rings. The summed E-state index contributed by atoms with van der Waals surface area (Å²) in [6, 6.07) is 9.59. The Morgan fingerprint density at radius 1 is 1.33 bits per heavy atom. The molecule has 1 unspecified atom stereocenters. The van der Waals surface area contributed by atoms with Crippen LogP contribution in [0.15, 0.2) is 35.7 Å². The smallest absolute Gasteiger partial charge is 0.165 e. The summed E-state index contributed by atoms with van der Waals surface area (Å²) in [4.78, 5) is 3.52. The van der Waals surface area contributed by atoms with Gasteiger partial charge in [-0.25, -0.2) is 4.39 Å². The second kappa shape index (κ2) is 7.54. The number of nitrogens with zero attached hydrogens (tertiary/aromatic N) is 1. The molecule has 0 spiro atoms. The number of methoxy groups -OCH3 is 1. The van der Waals surface area contributed by atoms with Crippen LogP contribution in [0.1, 0.15) is 16.5 Å². The highest BCUT2D eigenvalue weighted by molar-refractivity contribution is 7.10. The lowest BCUT2D eigenvalue weighted by Crippen LogP contribution is -2.30. The molecule has 1 atom stereocenters. The van der Waals surface area contributed by atoms with Crippen molar-refractivity contribution < 1.29 is 9.13 Å². The fraction of sp³-hybridized carbons (Fsp3) is 0.375. The fourth-order valence-electron chi connectivity index (χ4n) is 2.19. The van der Waals surface area contributed by atoms with E-state index >= 15 is 0 Å². The van der Waals surface area contributed by atoms with Gasteiger partial charge >= 0.3 is 0 Å². The van der Waals surface area contributed by atoms with E-state index in [2.05, 4.69) is 41.8 Å². The molecule has 0 saturated heterocycles. The Labute approximate surface area is 129 Å². The molecule has 0 bridgehead atoms. The highest BCUT2D eigenvalue weighted by atomic mass is 32.1. The number of likely N-dealkylation sites (N-methyl/N-ethyl adjacent to an activating group) is 1. The first-order valence-electron chi connectivity index (χ1n) is 6.84. The van der Waals surface area contributed by atoms with E-state index in [9.17, 15) is 4.39 Å². The van der Waals surface area contributed by atoms with Gasteiger partial charge in [-0.3, -0.25) is 0 Å². The van der Waals surface area contributed by atoms with Crippen LogP contribution in [-0.4, -0.2) is 32.6 Å².